The molecule has 0 saturated carbocycles. The summed E-state index contributed by atoms with van der Waals surface area (Å²) >= 11 is 0. The van der Waals surface area contributed by atoms with Crippen LogP contribution >= 0.6 is 0 Å². The Balaban J connectivity index is 1.54. The van der Waals surface area contributed by atoms with E-state index in [2.05, 4.69) is 5.32 Å². The summed E-state index contributed by atoms with van der Waals surface area (Å²) in [4.78, 5) is 25.7. The summed E-state index contributed by atoms with van der Waals surface area (Å²) in [5, 5.41) is 2.86. The quantitative estimate of drug-likeness (QED) is 0.750. The smallest absolute Gasteiger partial charge is 0.244 e. The third kappa shape index (κ3) is 4.71. The molecule has 0 atom stereocenters. The number of carbonyl (C=O) groups is 2. The number of hydrogen-bond acceptors (Lipinski definition) is 4. The van der Waals surface area contributed by atoms with E-state index in [-0.39, 0.29) is 11.8 Å². The van der Waals surface area contributed by atoms with Crippen LogP contribution in [0.25, 0.3) is 6.08 Å². The van der Waals surface area contributed by atoms with Gasteiger partial charge in [0.25, 0.3) is 0 Å². The fraction of sp³-hybridized carbons (Fsp3) is 0.273. The van der Waals surface area contributed by atoms with E-state index < -0.39 is 0 Å². The van der Waals surface area contributed by atoms with Crippen molar-refractivity contribution in [1.82, 2.24) is 5.32 Å². The maximum absolute atomic E-state index is 12.1. The average molecular weight is 380 g/mol. The van der Waals surface area contributed by atoms with Crippen molar-refractivity contribution in [2.24, 2.45) is 0 Å². The highest BCUT2D eigenvalue weighted by Gasteiger charge is 2.21. The highest BCUT2D eigenvalue weighted by Crippen LogP contribution is 2.28. The number of nitrogens with zero attached hydrogens (tertiary/aromatic N) is 1. The van der Waals surface area contributed by atoms with E-state index in [0.29, 0.717) is 24.5 Å². The van der Waals surface area contributed by atoms with Crippen LogP contribution in [-0.2, 0) is 16.1 Å². The van der Waals surface area contributed by atoms with Gasteiger partial charge in [0, 0.05) is 31.3 Å². The minimum atomic E-state index is -0.186. The number of carbonyl (C=O) groups excluding carboxylic acids is 2. The number of ether oxygens (including phenoxy) is 2. The molecule has 3 rings (SSSR count). The maximum atomic E-state index is 12.1. The van der Waals surface area contributed by atoms with Crippen LogP contribution in [0.2, 0.25) is 0 Å². The summed E-state index contributed by atoms with van der Waals surface area (Å²) in [7, 11) is 3.15. The Labute approximate surface area is 164 Å². The summed E-state index contributed by atoms with van der Waals surface area (Å²) in [6.45, 7) is 1.19. The standard InChI is InChI=1S/C22H24N2O4/c1-27-19-11-7-16(14-20(19)28-2)8-12-21(25)23-15-17-5-9-18(10-6-17)24-13-3-4-22(24)26/h5-12,14H,3-4,13,15H2,1-2H3,(H,23,25)/b12-8+. The van der Waals surface area contributed by atoms with Crippen LogP contribution in [0.4, 0.5) is 5.69 Å². The van der Waals surface area contributed by atoms with E-state index >= 15 is 0 Å². The Morgan fingerprint density at radius 2 is 1.86 bits per heavy atom. The molecule has 2 aromatic rings. The lowest BCUT2D eigenvalue weighted by atomic mass is 10.1. The minimum absolute atomic E-state index is 0.168. The molecule has 1 N–H and O–H groups in total. The van der Waals surface area contributed by atoms with Crippen molar-refractivity contribution in [2.45, 2.75) is 19.4 Å². The van der Waals surface area contributed by atoms with E-state index in [4.69, 9.17) is 9.47 Å². The molecular formula is C22H24N2O4. The van der Waals surface area contributed by atoms with E-state index in [9.17, 15) is 9.59 Å². The molecule has 1 fully saturated rings. The first-order chi connectivity index (χ1) is 13.6. The van der Waals surface area contributed by atoms with Gasteiger partial charge in [0.1, 0.15) is 0 Å². The van der Waals surface area contributed by atoms with Gasteiger partial charge in [0.15, 0.2) is 11.5 Å². The predicted molar refractivity (Wildman–Crippen MR) is 108 cm³/mol. The van der Waals surface area contributed by atoms with Crippen LogP contribution < -0.4 is 19.7 Å². The fourth-order valence-corrected chi connectivity index (χ4v) is 3.09. The molecule has 1 heterocycles. The molecule has 6 nitrogen and oxygen atoms in total. The number of benzene rings is 2. The lowest BCUT2D eigenvalue weighted by Gasteiger charge is -2.15. The second kappa shape index (κ2) is 9.08. The lowest BCUT2D eigenvalue weighted by Crippen LogP contribution is -2.23. The van der Waals surface area contributed by atoms with Gasteiger partial charge in [-0.25, -0.2) is 0 Å². The molecule has 1 saturated heterocycles. The molecular weight excluding hydrogens is 356 g/mol. The van der Waals surface area contributed by atoms with Crippen LogP contribution in [0.15, 0.2) is 48.5 Å². The molecule has 28 heavy (non-hydrogen) atoms. The van der Waals surface area contributed by atoms with Crippen LogP contribution in [0.1, 0.15) is 24.0 Å². The molecule has 2 amide bonds. The monoisotopic (exact) mass is 380 g/mol. The topological polar surface area (TPSA) is 67.9 Å². The van der Waals surface area contributed by atoms with Crippen molar-refractivity contribution < 1.29 is 19.1 Å². The summed E-state index contributed by atoms with van der Waals surface area (Å²) in [6.07, 6.45) is 4.73. The molecule has 0 spiro atoms. The van der Waals surface area contributed by atoms with Crippen molar-refractivity contribution >= 4 is 23.6 Å². The highest BCUT2D eigenvalue weighted by atomic mass is 16.5. The Kier molecular flexibility index (Phi) is 6.32. The molecule has 1 aliphatic rings. The van der Waals surface area contributed by atoms with Gasteiger partial charge in [0.2, 0.25) is 11.8 Å². The molecule has 0 aromatic heterocycles. The molecule has 6 heteroatoms. The zero-order valence-corrected chi connectivity index (χ0v) is 16.1. The molecule has 0 bridgehead atoms. The van der Waals surface area contributed by atoms with E-state index in [1.165, 1.54) is 6.08 Å². The first-order valence-corrected chi connectivity index (χ1v) is 9.18. The first kappa shape index (κ1) is 19.5. The third-order valence-corrected chi connectivity index (χ3v) is 4.62. The van der Waals surface area contributed by atoms with Crippen LogP contribution in [0, 0.1) is 0 Å². The van der Waals surface area contributed by atoms with Crippen LogP contribution in [0.5, 0.6) is 11.5 Å². The predicted octanol–water partition coefficient (Wildman–Crippen LogP) is 3.16. The largest absolute Gasteiger partial charge is 0.493 e. The Morgan fingerprint density at radius 1 is 1.11 bits per heavy atom. The van der Waals surface area contributed by atoms with Crippen molar-refractivity contribution in [3.63, 3.8) is 0 Å². The van der Waals surface area contributed by atoms with Crippen molar-refractivity contribution in [3.8, 4) is 11.5 Å². The Bertz CT molecular complexity index is 875. The normalized spacial score (nSPS) is 13.8. The van der Waals surface area contributed by atoms with E-state index in [0.717, 1.165) is 29.8 Å². The second-order valence-electron chi connectivity index (χ2n) is 6.48. The number of amides is 2. The lowest BCUT2D eigenvalue weighted by molar-refractivity contribution is -0.117. The molecule has 2 aromatic carbocycles. The molecule has 0 aliphatic carbocycles. The SMILES string of the molecule is COc1ccc(/C=C/C(=O)NCc2ccc(N3CCCC3=O)cc2)cc1OC. The number of rotatable bonds is 7. The van der Waals surface area contributed by atoms with Crippen molar-refractivity contribution in [3.05, 3.63) is 59.7 Å². The summed E-state index contributed by atoms with van der Waals surface area (Å²) in [5.74, 6) is 1.24. The first-order valence-electron chi connectivity index (χ1n) is 9.18. The number of nitrogens with one attached hydrogen (secondary N) is 1. The van der Waals surface area contributed by atoms with Gasteiger partial charge in [-0.1, -0.05) is 18.2 Å². The second-order valence-corrected chi connectivity index (χ2v) is 6.48. The maximum Gasteiger partial charge on any atom is 0.244 e. The van der Waals surface area contributed by atoms with Crippen molar-refractivity contribution in [2.75, 3.05) is 25.7 Å². The Morgan fingerprint density at radius 3 is 2.50 bits per heavy atom. The zero-order chi connectivity index (χ0) is 19.9. The average Bonchev–Trinajstić information content (AvgIpc) is 3.16. The summed E-state index contributed by atoms with van der Waals surface area (Å²) in [5.41, 5.74) is 2.72. The fourth-order valence-electron chi connectivity index (χ4n) is 3.09. The summed E-state index contributed by atoms with van der Waals surface area (Å²) in [6, 6.07) is 13.2. The van der Waals surface area contributed by atoms with Gasteiger partial charge in [-0.3, -0.25) is 9.59 Å². The van der Waals surface area contributed by atoms with Gasteiger partial charge in [-0.15, -0.1) is 0 Å². The Hall–Kier alpha value is -3.28. The molecule has 0 unspecified atom stereocenters. The number of hydrogen-bond donors (Lipinski definition) is 1. The minimum Gasteiger partial charge on any atom is -0.493 e. The molecule has 0 radical (unpaired) electrons. The van der Waals surface area contributed by atoms with Gasteiger partial charge in [-0.05, 0) is 47.9 Å². The number of anilines is 1. The number of methoxy groups -OCH3 is 2. The van der Waals surface area contributed by atoms with E-state index in [1.54, 1.807) is 37.3 Å². The van der Waals surface area contributed by atoms with Gasteiger partial charge in [-0.2, -0.15) is 0 Å². The van der Waals surface area contributed by atoms with Crippen LogP contribution in [0.3, 0.4) is 0 Å². The zero-order valence-electron chi connectivity index (χ0n) is 16.1. The van der Waals surface area contributed by atoms with Gasteiger partial charge in [0.05, 0.1) is 14.2 Å². The van der Waals surface area contributed by atoms with Gasteiger partial charge >= 0.3 is 0 Å². The highest BCUT2D eigenvalue weighted by molar-refractivity contribution is 5.95. The van der Waals surface area contributed by atoms with E-state index in [1.807, 2.05) is 30.3 Å². The van der Waals surface area contributed by atoms with Crippen LogP contribution in [-0.4, -0.2) is 32.6 Å². The molecule has 1 aliphatic heterocycles. The summed E-state index contributed by atoms with van der Waals surface area (Å²) < 4.78 is 10.5. The molecule has 146 valence electrons. The third-order valence-electron chi connectivity index (χ3n) is 4.62. The van der Waals surface area contributed by atoms with Gasteiger partial charge < -0.3 is 19.7 Å². The van der Waals surface area contributed by atoms with Crippen molar-refractivity contribution in [1.29, 1.82) is 0 Å².